The lowest BCUT2D eigenvalue weighted by molar-refractivity contribution is 1.25. The summed E-state index contributed by atoms with van der Waals surface area (Å²) in [6, 6.07) is 129. The molecule has 0 spiro atoms. The lowest BCUT2D eigenvalue weighted by Crippen LogP contribution is -2.61. The van der Waals surface area contributed by atoms with Crippen molar-refractivity contribution in [3.8, 4) is 89.0 Å². The van der Waals surface area contributed by atoms with Crippen LogP contribution >= 0.6 is 0 Å². The van der Waals surface area contributed by atoms with Crippen molar-refractivity contribution in [1.82, 2.24) is 0 Å². The summed E-state index contributed by atoms with van der Waals surface area (Å²) in [5, 5.41) is 4.90. The van der Waals surface area contributed by atoms with Crippen LogP contribution in [0.25, 0.3) is 111 Å². The molecular formula is C86H57BN2. The first kappa shape index (κ1) is 51.9. The Bertz CT molecular complexity index is 4990. The standard InChI is InChI=1S/C86H57BN2/c1-8-27-58(28-9-1)65-47-49-77-81(56-65)88(85-73(61-33-14-4-15-34-61)52-69(59-29-10-2-11-30-59)53-74(85)62-35-16-5-17-36-62)79-45-26-46-80-84(79)87(77)78-50-48-68(83-71-43-24-22-41-66(71)51-67-42-23-25-44-72(67)83)57-82(78)89(80)86-75(63-37-18-6-19-38-63)54-70(60-31-12-3-13-32-60)55-76(86)64-39-20-7-21-40-64/h1-57H. The highest BCUT2D eigenvalue weighted by Gasteiger charge is 2.45. The predicted octanol–water partition coefficient (Wildman–Crippen LogP) is 21.4. The second-order valence-corrected chi connectivity index (χ2v) is 23.5. The fourth-order valence-corrected chi connectivity index (χ4v) is 14.4. The van der Waals surface area contributed by atoms with Gasteiger partial charge in [-0.2, -0.15) is 0 Å². The molecule has 2 nitrogen and oxygen atoms in total. The van der Waals surface area contributed by atoms with Crippen LogP contribution in [0.2, 0.25) is 0 Å². The normalized spacial score (nSPS) is 12.2. The van der Waals surface area contributed by atoms with Gasteiger partial charge in [-0.15, -0.1) is 0 Å². The molecular weight excluding hydrogens is 1070 g/mol. The van der Waals surface area contributed by atoms with Gasteiger partial charge >= 0.3 is 0 Å². The minimum atomic E-state index is -0.172. The van der Waals surface area contributed by atoms with E-state index < -0.39 is 0 Å². The fraction of sp³-hybridized carbons (Fsp3) is 0. The molecule has 0 fully saturated rings. The van der Waals surface area contributed by atoms with E-state index in [1.165, 1.54) is 65.8 Å². The second kappa shape index (κ2) is 21.8. The van der Waals surface area contributed by atoms with Crippen LogP contribution < -0.4 is 26.2 Å². The second-order valence-electron chi connectivity index (χ2n) is 23.5. The predicted molar refractivity (Wildman–Crippen MR) is 379 cm³/mol. The van der Waals surface area contributed by atoms with Gasteiger partial charge in [-0.25, -0.2) is 0 Å². The summed E-state index contributed by atoms with van der Waals surface area (Å²) in [7, 11) is 0. The zero-order valence-electron chi connectivity index (χ0n) is 48.9. The molecule has 15 aromatic rings. The lowest BCUT2D eigenvalue weighted by Gasteiger charge is -2.46. The third kappa shape index (κ3) is 8.89. The van der Waals surface area contributed by atoms with Crippen molar-refractivity contribution >= 4 is 78.8 Å². The average molecular weight is 1130 g/mol. The molecule has 0 aliphatic carbocycles. The number of fused-ring (bicyclic) bond motifs is 6. The summed E-state index contributed by atoms with van der Waals surface area (Å²) in [6.07, 6.45) is 0. The van der Waals surface area contributed by atoms with Gasteiger partial charge < -0.3 is 9.80 Å². The van der Waals surface area contributed by atoms with Crippen molar-refractivity contribution < 1.29 is 0 Å². The molecule has 0 N–H and O–H groups in total. The van der Waals surface area contributed by atoms with Crippen molar-refractivity contribution in [2.75, 3.05) is 9.80 Å². The van der Waals surface area contributed by atoms with E-state index in [0.29, 0.717) is 0 Å². The Labute approximate surface area is 520 Å². The largest absolute Gasteiger partial charge is 0.310 e. The van der Waals surface area contributed by atoms with E-state index >= 15 is 0 Å². The highest BCUT2D eigenvalue weighted by atomic mass is 15.2. The minimum Gasteiger partial charge on any atom is -0.310 e. The smallest absolute Gasteiger partial charge is 0.252 e. The first-order valence-corrected chi connectivity index (χ1v) is 30.8. The van der Waals surface area contributed by atoms with Crippen LogP contribution in [-0.2, 0) is 0 Å². The van der Waals surface area contributed by atoms with Crippen molar-refractivity contribution in [3.05, 3.63) is 346 Å². The number of hydrogen-bond donors (Lipinski definition) is 0. The van der Waals surface area contributed by atoms with Crippen LogP contribution in [0.5, 0.6) is 0 Å². The first-order valence-electron chi connectivity index (χ1n) is 30.8. The Morgan fingerprint density at radius 2 is 0.517 bits per heavy atom. The van der Waals surface area contributed by atoms with Crippen LogP contribution in [-0.4, -0.2) is 6.71 Å². The number of rotatable bonds is 10. The molecule has 2 aliphatic rings. The van der Waals surface area contributed by atoms with Gasteiger partial charge in [-0.1, -0.05) is 291 Å². The first-order chi connectivity index (χ1) is 44.2. The minimum absolute atomic E-state index is 0.172. The van der Waals surface area contributed by atoms with Gasteiger partial charge in [0.2, 0.25) is 0 Å². The maximum Gasteiger partial charge on any atom is 0.252 e. The highest BCUT2D eigenvalue weighted by Crippen LogP contribution is 2.55. The Balaban J connectivity index is 1.03. The quantitative estimate of drug-likeness (QED) is 0.0995. The fourth-order valence-electron chi connectivity index (χ4n) is 14.4. The van der Waals surface area contributed by atoms with Gasteiger partial charge in [0.15, 0.2) is 0 Å². The lowest BCUT2D eigenvalue weighted by atomic mass is 9.33. The van der Waals surface area contributed by atoms with E-state index in [-0.39, 0.29) is 6.71 Å². The number of anilines is 6. The van der Waals surface area contributed by atoms with E-state index in [1.807, 2.05) is 0 Å². The molecule has 0 amide bonds. The SMILES string of the molecule is c1ccc(-c2cc(-c3ccccc3)c(N3c4cc(-c5ccccc5)ccc4B4c5ccc(-c6c7ccccc7cc7ccccc67)cc5N(c5c(-c6ccccc6)cc(-c6ccccc6)cc5-c5ccccc5)c5cccc3c54)c(-c3ccccc3)c2)cc1. The summed E-state index contributed by atoms with van der Waals surface area (Å²) in [6.45, 7) is -0.172. The number of nitrogens with zero attached hydrogens (tertiary/aromatic N) is 2. The van der Waals surface area contributed by atoms with Crippen LogP contribution in [0, 0.1) is 0 Å². The van der Waals surface area contributed by atoms with E-state index in [9.17, 15) is 0 Å². The van der Waals surface area contributed by atoms with Crippen molar-refractivity contribution in [3.63, 3.8) is 0 Å². The molecule has 414 valence electrons. The molecule has 15 aromatic carbocycles. The summed E-state index contributed by atoms with van der Waals surface area (Å²) >= 11 is 0. The monoisotopic (exact) mass is 1130 g/mol. The number of benzene rings is 15. The van der Waals surface area contributed by atoms with Crippen molar-refractivity contribution in [1.29, 1.82) is 0 Å². The molecule has 0 unspecified atom stereocenters. The topological polar surface area (TPSA) is 6.48 Å². The van der Waals surface area contributed by atoms with Gasteiger partial charge in [0.05, 0.1) is 11.4 Å². The third-order valence-electron chi connectivity index (χ3n) is 18.4. The number of hydrogen-bond acceptors (Lipinski definition) is 2. The Morgan fingerprint density at radius 3 is 0.899 bits per heavy atom. The zero-order chi connectivity index (χ0) is 58.8. The molecule has 2 aliphatic heterocycles. The van der Waals surface area contributed by atoms with Crippen LogP contribution in [0.1, 0.15) is 0 Å². The molecule has 2 heterocycles. The molecule has 3 heteroatoms. The molecule has 0 aromatic heterocycles. The molecule has 0 bridgehead atoms. The zero-order valence-corrected chi connectivity index (χ0v) is 48.9. The maximum atomic E-state index is 2.66. The summed E-state index contributed by atoms with van der Waals surface area (Å²) in [5.74, 6) is 0. The molecule has 0 saturated carbocycles. The molecule has 17 rings (SSSR count). The van der Waals surface area contributed by atoms with E-state index in [4.69, 9.17) is 0 Å². The van der Waals surface area contributed by atoms with Gasteiger partial charge in [0.25, 0.3) is 6.71 Å². The van der Waals surface area contributed by atoms with Crippen molar-refractivity contribution in [2.45, 2.75) is 0 Å². The van der Waals surface area contributed by atoms with Crippen molar-refractivity contribution in [2.24, 2.45) is 0 Å². The molecule has 0 radical (unpaired) electrons. The summed E-state index contributed by atoms with van der Waals surface area (Å²) in [5.41, 5.74) is 29.0. The molecule has 0 atom stereocenters. The maximum absolute atomic E-state index is 2.66. The van der Waals surface area contributed by atoms with E-state index in [2.05, 4.69) is 356 Å². The van der Waals surface area contributed by atoms with E-state index in [0.717, 1.165) is 95.3 Å². The Kier molecular flexibility index (Phi) is 12.7. The summed E-state index contributed by atoms with van der Waals surface area (Å²) in [4.78, 5) is 5.31. The van der Waals surface area contributed by atoms with Gasteiger partial charge in [-0.05, 0) is 159 Å². The summed E-state index contributed by atoms with van der Waals surface area (Å²) < 4.78 is 0. The molecule has 0 saturated heterocycles. The highest BCUT2D eigenvalue weighted by molar-refractivity contribution is 7.00. The van der Waals surface area contributed by atoms with Crippen LogP contribution in [0.4, 0.5) is 34.1 Å². The van der Waals surface area contributed by atoms with Gasteiger partial charge in [0.1, 0.15) is 0 Å². The Morgan fingerprint density at radius 1 is 0.202 bits per heavy atom. The average Bonchev–Trinajstić information content (AvgIpc) is 0.757. The third-order valence-corrected chi connectivity index (χ3v) is 18.4. The molecule has 89 heavy (non-hydrogen) atoms. The van der Waals surface area contributed by atoms with Gasteiger partial charge in [0, 0.05) is 45.0 Å². The Hall–Kier alpha value is -11.5. The van der Waals surface area contributed by atoms with Crippen LogP contribution in [0.3, 0.4) is 0 Å². The van der Waals surface area contributed by atoms with Crippen LogP contribution in [0.15, 0.2) is 346 Å². The van der Waals surface area contributed by atoms with E-state index in [1.54, 1.807) is 0 Å². The van der Waals surface area contributed by atoms with Gasteiger partial charge in [-0.3, -0.25) is 0 Å².